The summed E-state index contributed by atoms with van der Waals surface area (Å²) >= 11 is 0. The minimum absolute atomic E-state index is 0.0282. The predicted octanol–water partition coefficient (Wildman–Crippen LogP) is 0.849. The lowest BCUT2D eigenvalue weighted by Gasteiger charge is -2.35. The molecule has 6 nitrogen and oxygen atoms in total. The van der Waals surface area contributed by atoms with Crippen LogP contribution in [0.5, 0.6) is 0 Å². The van der Waals surface area contributed by atoms with Gasteiger partial charge in [0.05, 0.1) is 24.1 Å². The summed E-state index contributed by atoms with van der Waals surface area (Å²) in [5.74, 6) is 1.30. The average Bonchev–Trinajstić information content (AvgIpc) is 2.48. The van der Waals surface area contributed by atoms with Crippen molar-refractivity contribution in [2.24, 2.45) is 21.8 Å². The fourth-order valence-electron chi connectivity index (χ4n) is 2.84. The molecule has 112 valence electrons. The van der Waals surface area contributed by atoms with Crippen LogP contribution in [-0.4, -0.2) is 42.6 Å². The van der Waals surface area contributed by atoms with Gasteiger partial charge in [-0.1, -0.05) is 25.5 Å². The maximum absolute atomic E-state index is 11.9. The molecule has 0 aromatic carbocycles. The zero-order valence-electron chi connectivity index (χ0n) is 12.5. The lowest BCUT2D eigenvalue weighted by molar-refractivity contribution is -0.125. The van der Waals surface area contributed by atoms with Crippen molar-refractivity contribution in [1.29, 1.82) is 0 Å². The number of hydrogen-bond acceptors (Lipinski definition) is 5. The first-order chi connectivity index (χ1) is 10.2. The van der Waals surface area contributed by atoms with Crippen molar-refractivity contribution in [3.8, 4) is 0 Å². The maximum Gasteiger partial charge on any atom is 0.246 e. The Balaban J connectivity index is 1.78. The van der Waals surface area contributed by atoms with Gasteiger partial charge < -0.3 is 0 Å². The third-order valence-electron chi connectivity index (χ3n) is 3.99. The first-order valence-electron chi connectivity index (χ1n) is 7.48. The molecular weight excluding hydrogens is 266 g/mol. The molecule has 1 saturated heterocycles. The Morgan fingerprint density at radius 2 is 2.19 bits per heavy atom. The van der Waals surface area contributed by atoms with E-state index in [0.29, 0.717) is 0 Å². The zero-order chi connectivity index (χ0) is 14.8. The highest BCUT2D eigenvalue weighted by molar-refractivity contribution is 6.07. The van der Waals surface area contributed by atoms with Crippen molar-refractivity contribution in [2.75, 3.05) is 20.1 Å². The van der Waals surface area contributed by atoms with Crippen LogP contribution in [0.1, 0.15) is 19.8 Å². The molecule has 3 aliphatic rings. The van der Waals surface area contributed by atoms with E-state index in [4.69, 9.17) is 0 Å². The quantitative estimate of drug-likeness (QED) is 0.787. The van der Waals surface area contributed by atoms with Gasteiger partial charge in [-0.05, 0) is 26.1 Å². The molecule has 2 unspecified atom stereocenters. The van der Waals surface area contributed by atoms with Crippen molar-refractivity contribution >= 4 is 17.6 Å². The second-order valence-corrected chi connectivity index (χ2v) is 5.71. The monoisotopic (exact) mass is 287 g/mol. The predicted molar refractivity (Wildman–Crippen MR) is 82.8 cm³/mol. The highest BCUT2D eigenvalue weighted by Crippen LogP contribution is 2.32. The van der Waals surface area contributed by atoms with Gasteiger partial charge in [0.1, 0.15) is 11.7 Å². The van der Waals surface area contributed by atoms with Crippen LogP contribution in [0.4, 0.5) is 0 Å². The van der Waals surface area contributed by atoms with Crippen LogP contribution in [0.3, 0.4) is 0 Å². The highest BCUT2D eigenvalue weighted by Gasteiger charge is 2.40. The summed E-state index contributed by atoms with van der Waals surface area (Å²) in [7, 11) is 2.08. The molecule has 6 heteroatoms. The minimum Gasteiger partial charge on any atom is -0.299 e. The van der Waals surface area contributed by atoms with E-state index in [1.54, 1.807) is 0 Å². The van der Waals surface area contributed by atoms with Crippen LogP contribution in [0.2, 0.25) is 0 Å². The number of amides is 1. The molecule has 1 amide bonds. The van der Waals surface area contributed by atoms with E-state index in [-0.39, 0.29) is 17.7 Å². The van der Waals surface area contributed by atoms with E-state index in [2.05, 4.69) is 39.7 Å². The van der Waals surface area contributed by atoms with Crippen LogP contribution in [0.25, 0.3) is 0 Å². The first kappa shape index (κ1) is 14.0. The number of nitrogens with one attached hydrogen (secondary N) is 2. The highest BCUT2D eigenvalue weighted by atomic mass is 16.2. The van der Waals surface area contributed by atoms with Gasteiger partial charge in [-0.2, -0.15) is 0 Å². The van der Waals surface area contributed by atoms with Crippen LogP contribution >= 0.6 is 0 Å². The Hall–Kier alpha value is -1.95. The molecule has 0 bridgehead atoms. The molecule has 3 rings (SSSR count). The van der Waals surface area contributed by atoms with Crippen LogP contribution in [0, 0.1) is 11.8 Å². The number of hydrazine groups is 1. The van der Waals surface area contributed by atoms with E-state index >= 15 is 0 Å². The SMILES string of the molecule is CCCCN(C)CC1=NC2=CC=CC3C(=O)NNC(=N1)C23. The Morgan fingerprint density at radius 3 is 3.00 bits per heavy atom. The van der Waals surface area contributed by atoms with E-state index < -0.39 is 0 Å². The Morgan fingerprint density at radius 1 is 1.33 bits per heavy atom. The van der Waals surface area contributed by atoms with Gasteiger partial charge in [0.2, 0.25) is 5.91 Å². The number of rotatable bonds is 5. The summed E-state index contributed by atoms with van der Waals surface area (Å²) in [6.45, 7) is 3.94. The first-order valence-corrected chi connectivity index (χ1v) is 7.48. The topological polar surface area (TPSA) is 69.1 Å². The van der Waals surface area contributed by atoms with Gasteiger partial charge in [0.15, 0.2) is 0 Å². The number of likely N-dealkylation sites (N-methyl/N-ethyl adjacent to an activating group) is 1. The summed E-state index contributed by atoms with van der Waals surface area (Å²) in [5, 5.41) is 0. The van der Waals surface area contributed by atoms with Gasteiger partial charge in [0, 0.05) is 0 Å². The standard InChI is InChI=1S/C15H21N5O/c1-3-4-8-20(2)9-12-16-11-7-5-6-10-13(11)14(17-12)18-19-15(10)21/h5-7,10,13H,3-4,8-9H2,1-2H3,(H,19,21)(H,16,17,18). The number of unbranched alkanes of at least 4 members (excludes halogenated alkanes) is 1. The van der Waals surface area contributed by atoms with Gasteiger partial charge in [-0.15, -0.1) is 0 Å². The number of amidine groups is 2. The Kier molecular flexibility index (Phi) is 3.88. The molecule has 0 aromatic rings. The van der Waals surface area contributed by atoms with Gasteiger partial charge >= 0.3 is 0 Å². The molecule has 2 N–H and O–H groups in total. The second kappa shape index (κ2) is 5.81. The summed E-state index contributed by atoms with van der Waals surface area (Å²) in [5.41, 5.74) is 6.52. The van der Waals surface area contributed by atoms with Crippen molar-refractivity contribution in [1.82, 2.24) is 15.8 Å². The third kappa shape index (κ3) is 2.76. The van der Waals surface area contributed by atoms with Crippen molar-refractivity contribution < 1.29 is 4.79 Å². The number of carbonyl (C=O) groups excluding carboxylic acids is 1. The molecule has 2 atom stereocenters. The lowest BCUT2D eigenvalue weighted by atomic mass is 9.82. The second-order valence-electron chi connectivity index (χ2n) is 5.71. The van der Waals surface area contributed by atoms with Gasteiger partial charge in [-0.3, -0.25) is 20.5 Å². The summed E-state index contributed by atoms with van der Waals surface area (Å²) in [6.07, 6.45) is 8.14. The van der Waals surface area contributed by atoms with Gasteiger partial charge in [0.25, 0.3) is 0 Å². The molecule has 0 spiro atoms. The average molecular weight is 287 g/mol. The molecular formula is C15H21N5O. The largest absolute Gasteiger partial charge is 0.299 e. The van der Waals surface area contributed by atoms with Crippen LogP contribution < -0.4 is 10.9 Å². The molecule has 0 radical (unpaired) electrons. The number of hydrogen-bond donors (Lipinski definition) is 2. The van der Waals surface area contributed by atoms with E-state index in [0.717, 1.165) is 30.5 Å². The Bertz CT molecular complexity index is 560. The molecule has 1 aliphatic carbocycles. The van der Waals surface area contributed by atoms with Crippen LogP contribution in [0.15, 0.2) is 33.9 Å². The van der Waals surface area contributed by atoms with Gasteiger partial charge in [-0.25, -0.2) is 9.98 Å². The Labute approximate surface area is 124 Å². The number of nitrogens with zero attached hydrogens (tertiary/aromatic N) is 3. The minimum atomic E-state index is -0.201. The number of carbonyl (C=O) groups is 1. The van der Waals surface area contributed by atoms with Crippen molar-refractivity contribution in [2.45, 2.75) is 19.8 Å². The third-order valence-corrected chi connectivity index (χ3v) is 3.99. The molecule has 21 heavy (non-hydrogen) atoms. The van der Waals surface area contributed by atoms with Crippen molar-refractivity contribution in [3.05, 3.63) is 23.9 Å². The lowest BCUT2D eigenvalue weighted by Crippen LogP contribution is -2.57. The van der Waals surface area contributed by atoms with Crippen molar-refractivity contribution in [3.63, 3.8) is 0 Å². The van der Waals surface area contributed by atoms with E-state index in [1.165, 1.54) is 12.8 Å². The number of aliphatic imine (C=N–C) groups is 2. The molecule has 0 saturated carbocycles. The molecule has 2 aliphatic heterocycles. The van der Waals surface area contributed by atoms with Crippen LogP contribution in [-0.2, 0) is 4.79 Å². The summed E-state index contributed by atoms with van der Waals surface area (Å²) in [6, 6.07) is 0. The van der Waals surface area contributed by atoms with E-state index in [1.807, 2.05) is 18.2 Å². The zero-order valence-corrected chi connectivity index (χ0v) is 12.5. The smallest absolute Gasteiger partial charge is 0.246 e. The fourth-order valence-corrected chi connectivity index (χ4v) is 2.84. The fraction of sp³-hybridized carbons (Fsp3) is 0.533. The van der Waals surface area contributed by atoms with E-state index in [9.17, 15) is 4.79 Å². The summed E-state index contributed by atoms with van der Waals surface area (Å²) in [4.78, 5) is 23.3. The number of allylic oxidation sites excluding steroid dienone is 2. The molecule has 1 fully saturated rings. The molecule has 2 heterocycles. The normalized spacial score (nSPS) is 26.4. The molecule has 0 aromatic heterocycles. The maximum atomic E-state index is 11.9. The summed E-state index contributed by atoms with van der Waals surface area (Å²) < 4.78 is 0.